The van der Waals surface area contributed by atoms with Crippen LogP contribution in [0.5, 0.6) is 0 Å². The number of aromatic nitrogens is 1. The van der Waals surface area contributed by atoms with Gasteiger partial charge in [-0.15, -0.1) is 0 Å². The van der Waals surface area contributed by atoms with Crippen molar-refractivity contribution in [3.63, 3.8) is 0 Å². The number of carbonyl (C=O) groups excluding carboxylic acids is 1. The predicted molar refractivity (Wildman–Crippen MR) is 55.5 cm³/mol. The number of nitriles is 1. The van der Waals surface area contributed by atoms with Gasteiger partial charge in [-0.3, -0.25) is 4.79 Å². The van der Waals surface area contributed by atoms with Gasteiger partial charge in [0.05, 0.1) is 12.1 Å². The number of anilines is 1. The number of nitrogens with one attached hydrogen (secondary N) is 1. The Bertz CT molecular complexity index is 355. The number of nitrogens with zero attached hydrogens (tertiary/aromatic N) is 3. The Balaban J connectivity index is 2.63. The van der Waals surface area contributed by atoms with E-state index in [9.17, 15) is 4.79 Å². The highest BCUT2D eigenvalue weighted by Crippen LogP contribution is 2.04. The molecule has 0 unspecified atom stereocenters. The van der Waals surface area contributed by atoms with Crippen molar-refractivity contribution in [2.75, 3.05) is 18.5 Å². The zero-order valence-electron chi connectivity index (χ0n) is 8.40. The van der Waals surface area contributed by atoms with E-state index >= 15 is 0 Å². The van der Waals surface area contributed by atoms with E-state index in [1.807, 2.05) is 13.0 Å². The summed E-state index contributed by atoms with van der Waals surface area (Å²) < 4.78 is 0. The van der Waals surface area contributed by atoms with Crippen molar-refractivity contribution in [2.24, 2.45) is 0 Å². The van der Waals surface area contributed by atoms with E-state index in [2.05, 4.69) is 10.4 Å². The van der Waals surface area contributed by atoms with E-state index in [0.717, 1.165) is 0 Å². The first kappa shape index (κ1) is 11.1. The largest absolute Gasteiger partial charge is 0.303 e. The van der Waals surface area contributed by atoms with Crippen LogP contribution in [0.2, 0.25) is 0 Å². The van der Waals surface area contributed by atoms with Gasteiger partial charge in [-0.25, -0.2) is 9.99 Å². The topological polar surface area (TPSA) is 69.0 Å². The van der Waals surface area contributed by atoms with Crippen LogP contribution in [0.3, 0.4) is 0 Å². The fourth-order valence-corrected chi connectivity index (χ4v) is 0.996. The summed E-state index contributed by atoms with van der Waals surface area (Å²) in [6, 6.07) is 5.33. The normalized spacial score (nSPS) is 9.67. The fraction of sp³-hybridized carbons (Fsp3) is 0.300. The second kappa shape index (κ2) is 5.73. The molecule has 0 bridgehead atoms. The minimum Gasteiger partial charge on any atom is -0.303 e. The molecule has 0 aliphatic carbocycles. The van der Waals surface area contributed by atoms with Gasteiger partial charge in [-0.1, -0.05) is 6.92 Å². The molecule has 0 saturated carbocycles. The molecule has 1 rings (SSSR count). The maximum atomic E-state index is 10.2. The first-order chi connectivity index (χ1) is 7.30. The molecule has 77 valence electrons. The van der Waals surface area contributed by atoms with Gasteiger partial charge in [0.2, 0.25) is 6.29 Å². The molecule has 1 heterocycles. The zero-order chi connectivity index (χ0) is 11.1. The molecule has 1 N–H and O–H groups in total. The molecule has 0 spiro atoms. The molecule has 0 aliphatic heterocycles. The highest BCUT2D eigenvalue weighted by molar-refractivity contribution is 5.53. The molecular formula is C10H11N4O. The standard InChI is InChI=1S/C10H11N4O/c1-2-14(5-6-15)13-10-4-3-9(7-11)8-12-10/h3-4,8H,2,5H2,1H3,(H,12,13). The van der Waals surface area contributed by atoms with Crippen LogP contribution >= 0.6 is 0 Å². The predicted octanol–water partition coefficient (Wildman–Crippen LogP) is 0.712. The van der Waals surface area contributed by atoms with E-state index < -0.39 is 0 Å². The molecule has 0 amide bonds. The number of pyridine rings is 1. The highest BCUT2D eigenvalue weighted by atomic mass is 16.1. The fourth-order valence-electron chi connectivity index (χ4n) is 0.996. The number of likely N-dealkylation sites (N-methyl/N-ethyl adjacent to an activating group) is 1. The second-order valence-electron chi connectivity index (χ2n) is 2.81. The van der Waals surface area contributed by atoms with E-state index in [1.54, 1.807) is 23.4 Å². The second-order valence-corrected chi connectivity index (χ2v) is 2.81. The molecule has 0 fully saturated rings. The van der Waals surface area contributed by atoms with Crippen LogP contribution in [-0.2, 0) is 4.79 Å². The lowest BCUT2D eigenvalue weighted by Gasteiger charge is -2.18. The summed E-state index contributed by atoms with van der Waals surface area (Å²) in [5.74, 6) is 0.603. The van der Waals surface area contributed by atoms with Crippen molar-refractivity contribution in [1.29, 1.82) is 5.26 Å². The van der Waals surface area contributed by atoms with Gasteiger partial charge in [-0.05, 0) is 12.1 Å². The third kappa shape index (κ3) is 3.37. The van der Waals surface area contributed by atoms with Gasteiger partial charge < -0.3 is 5.43 Å². The lowest BCUT2D eigenvalue weighted by atomic mass is 10.3. The molecular weight excluding hydrogens is 192 g/mol. The third-order valence-electron chi connectivity index (χ3n) is 1.80. The van der Waals surface area contributed by atoms with Crippen molar-refractivity contribution in [2.45, 2.75) is 6.92 Å². The van der Waals surface area contributed by atoms with Crippen molar-refractivity contribution in [3.05, 3.63) is 23.9 Å². The van der Waals surface area contributed by atoms with Crippen LogP contribution in [0.1, 0.15) is 12.5 Å². The van der Waals surface area contributed by atoms with Gasteiger partial charge in [0.25, 0.3) is 0 Å². The Labute approximate surface area is 88.3 Å². The Hall–Kier alpha value is -1.93. The minimum absolute atomic E-state index is 0.179. The van der Waals surface area contributed by atoms with Crippen LogP contribution in [-0.4, -0.2) is 29.4 Å². The molecule has 0 saturated heterocycles. The molecule has 0 atom stereocenters. The van der Waals surface area contributed by atoms with Gasteiger partial charge in [0, 0.05) is 12.7 Å². The summed E-state index contributed by atoms with van der Waals surface area (Å²) >= 11 is 0. The molecule has 0 aromatic carbocycles. The zero-order valence-corrected chi connectivity index (χ0v) is 8.40. The number of hydrogen-bond acceptors (Lipinski definition) is 5. The quantitative estimate of drug-likeness (QED) is 0.714. The average molecular weight is 203 g/mol. The summed E-state index contributed by atoms with van der Waals surface area (Å²) in [5.41, 5.74) is 3.44. The minimum atomic E-state index is 0.179. The monoisotopic (exact) mass is 203 g/mol. The first-order valence-corrected chi connectivity index (χ1v) is 4.53. The van der Waals surface area contributed by atoms with Crippen LogP contribution in [0.25, 0.3) is 0 Å². The van der Waals surface area contributed by atoms with Crippen LogP contribution < -0.4 is 5.43 Å². The highest BCUT2D eigenvalue weighted by Gasteiger charge is 2.02. The summed E-state index contributed by atoms with van der Waals surface area (Å²) in [6.07, 6.45) is 3.27. The Morgan fingerprint density at radius 1 is 1.60 bits per heavy atom. The summed E-state index contributed by atoms with van der Waals surface area (Å²) in [7, 11) is 0. The molecule has 5 nitrogen and oxygen atoms in total. The van der Waals surface area contributed by atoms with Crippen LogP contribution in [0, 0.1) is 11.3 Å². The Kier molecular flexibility index (Phi) is 4.26. The third-order valence-corrected chi connectivity index (χ3v) is 1.80. The van der Waals surface area contributed by atoms with Gasteiger partial charge in [0.1, 0.15) is 11.9 Å². The van der Waals surface area contributed by atoms with E-state index in [1.165, 1.54) is 6.20 Å². The first-order valence-electron chi connectivity index (χ1n) is 4.53. The molecule has 15 heavy (non-hydrogen) atoms. The molecule has 1 radical (unpaired) electrons. The smallest absolute Gasteiger partial charge is 0.215 e. The van der Waals surface area contributed by atoms with E-state index in [4.69, 9.17) is 5.26 Å². The van der Waals surface area contributed by atoms with Crippen molar-refractivity contribution < 1.29 is 4.79 Å². The van der Waals surface area contributed by atoms with Gasteiger partial charge in [-0.2, -0.15) is 5.26 Å². The Morgan fingerprint density at radius 2 is 2.40 bits per heavy atom. The van der Waals surface area contributed by atoms with Gasteiger partial charge >= 0.3 is 0 Å². The van der Waals surface area contributed by atoms with Crippen molar-refractivity contribution >= 4 is 12.1 Å². The average Bonchev–Trinajstić information content (AvgIpc) is 2.29. The van der Waals surface area contributed by atoms with Crippen molar-refractivity contribution in [3.8, 4) is 6.07 Å². The summed E-state index contributed by atoms with van der Waals surface area (Å²) in [6.45, 7) is 2.75. The maximum Gasteiger partial charge on any atom is 0.215 e. The lowest BCUT2D eigenvalue weighted by molar-refractivity contribution is 0.384. The van der Waals surface area contributed by atoms with Crippen LogP contribution in [0.4, 0.5) is 5.82 Å². The lowest BCUT2D eigenvalue weighted by Crippen LogP contribution is -2.31. The van der Waals surface area contributed by atoms with Crippen molar-refractivity contribution in [1.82, 2.24) is 9.99 Å². The molecule has 1 aromatic heterocycles. The van der Waals surface area contributed by atoms with Crippen LogP contribution in [0.15, 0.2) is 18.3 Å². The maximum absolute atomic E-state index is 10.2. The summed E-state index contributed by atoms with van der Waals surface area (Å²) in [4.78, 5) is 14.2. The molecule has 1 aromatic rings. The SMILES string of the molecule is CCN(C[C]=O)Nc1ccc(C#N)cn1. The summed E-state index contributed by atoms with van der Waals surface area (Å²) in [5, 5.41) is 10.2. The molecule has 0 aliphatic rings. The van der Waals surface area contributed by atoms with Gasteiger partial charge in [0.15, 0.2) is 0 Å². The molecule has 5 heteroatoms. The van der Waals surface area contributed by atoms with E-state index in [-0.39, 0.29) is 6.54 Å². The van der Waals surface area contributed by atoms with E-state index in [0.29, 0.717) is 17.9 Å². The number of hydrogen-bond donors (Lipinski definition) is 1. The number of rotatable bonds is 5. The Morgan fingerprint density at radius 3 is 2.87 bits per heavy atom. The number of hydrazine groups is 1.